The lowest BCUT2D eigenvalue weighted by molar-refractivity contribution is -0.127. The standard InChI is InChI=1S/C27H32N4O4S/c1-17-7-9-19(10-8-17)24-23(26(33)28-2)21-16-20(18-11-12-18)25(29-27(21)35-24)31(36(3)34)15-5-14-30-13-4-6-22(30)32/h7-10,16,18H,4-6,11-15H2,1-3H3,(H,28,33). The summed E-state index contributed by atoms with van der Waals surface area (Å²) in [7, 11) is 1.61. The van der Waals surface area contributed by atoms with Crippen LogP contribution in [0.2, 0.25) is 0 Å². The zero-order valence-electron chi connectivity index (χ0n) is 21.0. The van der Waals surface area contributed by atoms with Crippen LogP contribution < -0.4 is 9.62 Å². The largest absolute Gasteiger partial charge is 0.593 e. The molecule has 1 N–H and O–H groups in total. The van der Waals surface area contributed by atoms with Crippen molar-refractivity contribution >= 4 is 40.1 Å². The fourth-order valence-electron chi connectivity index (χ4n) is 4.88. The van der Waals surface area contributed by atoms with Gasteiger partial charge in [-0.1, -0.05) is 29.8 Å². The Labute approximate surface area is 214 Å². The molecule has 8 nitrogen and oxygen atoms in total. The maximum absolute atomic E-state index is 13.0. The topological polar surface area (TPSA) is 102 Å². The molecule has 2 aliphatic rings. The molecule has 1 atom stereocenters. The average Bonchev–Trinajstić information content (AvgIpc) is 3.53. The van der Waals surface area contributed by atoms with Gasteiger partial charge < -0.3 is 19.2 Å². The minimum Gasteiger partial charge on any atom is -0.593 e. The third-order valence-electron chi connectivity index (χ3n) is 6.98. The summed E-state index contributed by atoms with van der Waals surface area (Å²) in [5, 5.41) is 3.41. The summed E-state index contributed by atoms with van der Waals surface area (Å²) in [6.45, 7) is 3.96. The third kappa shape index (κ3) is 4.82. The lowest BCUT2D eigenvalue weighted by Crippen LogP contribution is -2.35. The molecule has 5 rings (SSSR count). The SMILES string of the molecule is CNC(=O)c1c(-c2ccc(C)cc2)oc2nc(N(CCCN3CCCC3=O)[S+](C)[O-])c(C3CC3)cc12. The van der Waals surface area contributed by atoms with Gasteiger partial charge in [0.05, 0.1) is 28.9 Å². The molecule has 2 fully saturated rings. The predicted molar refractivity (Wildman–Crippen MR) is 141 cm³/mol. The molecule has 1 saturated carbocycles. The van der Waals surface area contributed by atoms with Crippen LogP contribution in [0, 0.1) is 6.92 Å². The number of amides is 2. The van der Waals surface area contributed by atoms with Gasteiger partial charge in [0.15, 0.2) is 5.82 Å². The van der Waals surface area contributed by atoms with E-state index in [0.717, 1.165) is 42.5 Å². The number of benzene rings is 1. The Kier molecular flexibility index (Phi) is 6.94. The number of nitrogens with one attached hydrogen (secondary N) is 1. The zero-order valence-corrected chi connectivity index (χ0v) is 21.8. The monoisotopic (exact) mass is 508 g/mol. The lowest BCUT2D eigenvalue weighted by Gasteiger charge is -2.25. The number of nitrogens with zero attached hydrogens (tertiary/aromatic N) is 3. The Morgan fingerprint density at radius 3 is 2.67 bits per heavy atom. The number of pyridine rings is 1. The maximum Gasteiger partial charge on any atom is 0.255 e. The second-order valence-corrected chi connectivity index (χ2v) is 10.9. The third-order valence-corrected chi connectivity index (χ3v) is 7.96. The first-order valence-corrected chi connectivity index (χ1v) is 14.0. The first kappa shape index (κ1) is 24.6. The predicted octanol–water partition coefficient (Wildman–Crippen LogP) is 4.15. The molecule has 2 amide bonds. The van der Waals surface area contributed by atoms with E-state index in [1.54, 1.807) is 17.6 Å². The van der Waals surface area contributed by atoms with Gasteiger partial charge >= 0.3 is 0 Å². The summed E-state index contributed by atoms with van der Waals surface area (Å²) in [6, 6.07) is 9.85. The molecule has 190 valence electrons. The van der Waals surface area contributed by atoms with Crippen molar-refractivity contribution in [3.63, 3.8) is 0 Å². The average molecular weight is 509 g/mol. The first-order valence-electron chi connectivity index (χ1n) is 12.5. The molecule has 36 heavy (non-hydrogen) atoms. The molecule has 3 aromatic rings. The van der Waals surface area contributed by atoms with Crippen molar-refractivity contribution in [3.8, 4) is 11.3 Å². The van der Waals surface area contributed by atoms with Gasteiger partial charge in [-0.3, -0.25) is 9.59 Å². The number of aromatic nitrogens is 1. The number of fused-ring (bicyclic) bond motifs is 1. The van der Waals surface area contributed by atoms with Crippen LogP contribution in [0.4, 0.5) is 5.82 Å². The second-order valence-electron chi connectivity index (χ2n) is 9.64. The van der Waals surface area contributed by atoms with Crippen LogP contribution in [-0.2, 0) is 16.2 Å². The van der Waals surface area contributed by atoms with E-state index in [1.807, 2.05) is 42.2 Å². The molecule has 9 heteroatoms. The van der Waals surface area contributed by atoms with E-state index in [0.29, 0.717) is 60.1 Å². The number of likely N-dealkylation sites (tertiary alicyclic amines) is 1. The smallest absolute Gasteiger partial charge is 0.255 e. The van der Waals surface area contributed by atoms with Crippen molar-refractivity contribution < 1.29 is 18.6 Å². The number of anilines is 1. The fraction of sp³-hybridized carbons (Fsp3) is 0.444. The first-order chi connectivity index (χ1) is 17.4. The summed E-state index contributed by atoms with van der Waals surface area (Å²) in [6.07, 6.45) is 5.94. The summed E-state index contributed by atoms with van der Waals surface area (Å²) >= 11 is -1.31. The Bertz CT molecular complexity index is 1280. The van der Waals surface area contributed by atoms with E-state index < -0.39 is 11.4 Å². The zero-order chi connectivity index (χ0) is 25.4. The van der Waals surface area contributed by atoms with E-state index in [2.05, 4.69) is 5.32 Å². The van der Waals surface area contributed by atoms with E-state index in [-0.39, 0.29) is 11.8 Å². The van der Waals surface area contributed by atoms with Crippen molar-refractivity contribution in [1.29, 1.82) is 0 Å². The van der Waals surface area contributed by atoms with Crippen molar-refractivity contribution in [2.75, 3.05) is 37.2 Å². The highest BCUT2D eigenvalue weighted by molar-refractivity contribution is 7.92. The van der Waals surface area contributed by atoms with Crippen LogP contribution in [0.15, 0.2) is 34.7 Å². The summed E-state index contributed by atoms with van der Waals surface area (Å²) < 4.78 is 20.9. The van der Waals surface area contributed by atoms with E-state index in [9.17, 15) is 14.1 Å². The van der Waals surface area contributed by atoms with Crippen molar-refractivity contribution in [2.45, 2.75) is 44.9 Å². The molecule has 1 aliphatic heterocycles. The number of hydrogen-bond acceptors (Lipinski definition) is 6. The highest BCUT2D eigenvalue weighted by Crippen LogP contribution is 2.46. The maximum atomic E-state index is 13.0. The minimum absolute atomic E-state index is 0.193. The van der Waals surface area contributed by atoms with Crippen molar-refractivity contribution in [2.24, 2.45) is 0 Å². The van der Waals surface area contributed by atoms with Crippen LogP contribution in [0.1, 0.15) is 59.5 Å². The number of aryl methyl sites for hydroxylation is 1. The Morgan fingerprint density at radius 2 is 2.06 bits per heavy atom. The quantitative estimate of drug-likeness (QED) is 0.436. The van der Waals surface area contributed by atoms with Crippen LogP contribution >= 0.6 is 0 Å². The Morgan fingerprint density at radius 1 is 1.31 bits per heavy atom. The van der Waals surface area contributed by atoms with Gasteiger partial charge in [0.2, 0.25) is 11.6 Å². The molecule has 1 aromatic carbocycles. The van der Waals surface area contributed by atoms with Crippen LogP contribution in [-0.4, -0.2) is 59.2 Å². The van der Waals surface area contributed by atoms with Crippen LogP contribution in [0.3, 0.4) is 0 Å². The van der Waals surface area contributed by atoms with E-state index in [4.69, 9.17) is 9.40 Å². The molecule has 1 saturated heterocycles. The number of hydrogen-bond donors (Lipinski definition) is 1. The van der Waals surface area contributed by atoms with Gasteiger partial charge in [0.25, 0.3) is 5.91 Å². The molecule has 0 radical (unpaired) electrons. The molecule has 2 aromatic heterocycles. The molecule has 0 spiro atoms. The van der Waals surface area contributed by atoms with Crippen LogP contribution in [0.5, 0.6) is 0 Å². The van der Waals surface area contributed by atoms with Gasteiger partial charge in [-0.25, -0.2) is 0 Å². The Hall–Kier alpha value is -3.04. The summed E-state index contributed by atoms with van der Waals surface area (Å²) in [5.41, 5.74) is 3.74. The van der Waals surface area contributed by atoms with Gasteiger partial charge in [0.1, 0.15) is 12.0 Å². The number of carbonyl (C=O) groups is 2. The molecule has 0 bridgehead atoms. The lowest BCUT2D eigenvalue weighted by atomic mass is 10.0. The summed E-state index contributed by atoms with van der Waals surface area (Å²) in [5.74, 6) is 1.40. The highest BCUT2D eigenvalue weighted by atomic mass is 32.2. The Balaban J connectivity index is 1.55. The van der Waals surface area contributed by atoms with Gasteiger partial charge in [-0.05, 0) is 44.6 Å². The number of carbonyl (C=O) groups excluding carboxylic acids is 2. The van der Waals surface area contributed by atoms with Gasteiger partial charge in [-0.15, -0.1) is 0 Å². The van der Waals surface area contributed by atoms with E-state index in [1.165, 1.54) is 0 Å². The van der Waals surface area contributed by atoms with Gasteiger partial charge in [-0.2, -0.15) is 9.29 Å². The highest BCUT2D eigenvalue weighted by Gasteiger charge is 2.34. The normalized spacial score (nSPS) is 16.6. The fourth-order valence-corrected chi connectivity index (χ4v) is 5.66. The second kappa shape index (κ2) is 10.1. The molecule has 1 aliphatic carbocycles. The van der Waals surface area contributed by atoms with Crippen LogP contribution in [0.25, 0.3) is 22.4 Å². The van der Waals surface area contributed by atoms with E-state index >= 15 is 0 Å². The molecule has 3 heterocycles. The number of furan rings is 1. The number of rotatable bonds is 9. The van der Waals surface area contributed by atoms with Crippen molar-refractivity contribution in [1.82, 2.24) is 15.2 Å². The molecular formula is C27H32N4O4S. The summed E-state index contributed by atoms with van der Waals surface area (Å²) in [4.78, 5) is 31.7. The van der Waals surface area contributed by atoms with Gasteiger partial charge in [0, 0.05) is 37.7 Å². The molecule has 1 unspecified atom stereocenters. The molecular weight excluding hydrogens is 476 g/mol. The minimum atomic E-state index is -1.31. The van der Waals surface area contributed by atoms with Crippen molar-refractivity contribution in [3.05, 3.63) is 47.0 Å².